The zero-order chi connectivity index (χ0) is 18.1. The molecule has 0 saturated heterocycles. The van der Waals surface area contributed by atoms with Crippen molar-refractivity contribution in [1.29, 1.82) is 0 Å². The highest BCUT2D eigenvalue weighted by Gasteiger charge is 2.27. The Morgan fingerprint density at radius 2 is 2.12 bits per heavy atom. The number of nitrogens with zero attached hydrogens (tertiary/aromatic N) is 3. The lowest BCUT2D eigenvalue weighted by Gasteiger charge is -2.28. The van der Waals surface area contributed by atoms with Crippen LogP contribution in [0.25, 0.3) is 22.2 Å². The van der Waals surface area contributed by atoms with Gasteiger partial charge in [0.15, 0.2) is 5.69 Å². The maximum absolute atomic E-state index is 11.6. The van der Waals surface area contributed by atoms with Gasteiger partial charge in [0.25, 0.3) is 0 Å². The van der Waals surface area contributed by atoms with Crippen molar-refractivity contribution in [1.82, 2.24) is 14.8 Å². The van der Waals surface area contributed by atoms with Crippen LogP contribution in [-0.2, 0) is 4.74 Å². The van der Waals surface area contributed by atoms with E-state index >= 15 is 0 Å². The zero-order valence-electron chi connectivity index (χ0n) is 14.7. The third-order valence-electron chi connectivity index (χ3n) is 5.16. The number of nitro groups is 1. The van der Waals surface area contributed by atoms with E-state index in [2.05, 4.69) is 10.1 Å². The van der Waals surface area contributed by atoms with E-state index in [1.807, 2.05) is 37.4 Å². The smallest absolute Gasteiger partial charge is 0.314 e. The van der Waals surface area contributed by atoms with Crippen molar-refractivity contribution in [2.45, 2.75) is 44.8 Å². The van der Waals surface area contributed by atoms with Gasteiger partial charge in [0.2, 0.25) is 0 Å². The summed E-state index contributed by atoms with van der Waals surface area (Å²) in [6, 6.07) is 7.93. The van der Waals surface area contributed by atoms with Crippen molar-refractivity contribution in [3.05, 3.63) is 46.8 Å². The average molecular weight is 354 g/mol. The van der Waals surface area contributed by atoms with Crippen LogP contribution in [0.3, 0.4) is 0 Å². The van der Waals surface area contributed by atoms with E-state index in [0.717, 1.165) is 48.8 Å². The minimum Gasteiger partial charge on any atom is -0.379 e. The van der Waals surface area contributed by atoms with Crippen LogP contribution in [0.1, 0.15) is 38.6 Å². The second kappa shape index (κ2) is 6.92. The third kappa shape index (κ3) is 3.10. The van der Waals surface area contributed by atoms with Gasteiger partial charge < -0.3 is 9.72 Å². The Labute approximate surface area is 151 Å². The molecule has 1 aromatic carbocycles. The summed E-state index contributed by atoms with van der Waals surface area (Å²) in [6.07, 6.45) is 7.54. The number of H-pyrrole nitrogens is 1. The molecule has 0 aliphatic heterocycles. The van der Waals surface area contributed by atoms with E-state index in [1.54, 1.807) is 10.9 Å². The van der Waals surface area contributed by atoms with Gasteiger partial charge in [-0.05, 0) is 50.1 Å². The summed E-state index contributed by atoms with van der Waals surface area (Å²) in [5.74, 6) is 0. The van der Waals surface area contributed by atoms with E-state index < -0.39 is 0 Å². The summed E-state index contributed by atoms with van der Waals surface area (Å²) in [6.45, 7) is 2.74. The van der Waals surface area contributed by atoms with E-state index in [0.29, 0.717) is 11.8 Å². The molecule has 0 bridgehead atoms. The van der Waals surface area contributed by atoms with Crippen molar-refractivity contribution >= 4 is 16.6 Å². The zero-order valence-corrected chi connectivity index (χ0v) is 14.7. The summed E-state index contributed by atoms with van der Waals surface area (Å²) in [4.78, 5) is 14.4. The molecule has 1 aliphatic rings. The first-order valence-electron chi connectivity index (χ1n) is 9.08. The normalized spacial score (nSPS) is 20.5. The second-order valence-corrected chi connectivity index (χ2v) is 6.77. The molecule has 0 amide bonds. The molecule has 2 heterocycles. The maximum Gasteiger partial charge on any atom is 0.314 e. The van der Waals surface area contributed by atoms with Crippen LogP contribution in [0, 0.1) is 10.1 Å². The summed E-state index contributed by atoms with van der Waals surface area (Å²) >= 11 is 0. The first-order chi connectivity index (χ1) is 12.7. The van der Waals surface area contributed by atoms with E-state index in [9.17, 15) is 10.1 Å². The maximum atomic E-state index is 11.6. The lowest BCUT2D eigenvalue weighted by atomic mass is 9.93. The van der Waals surface area contributed by atoms with Crippen molar-refractivity contribution in [2.75, 3.05) is 6.61 Å². The standard InChI is InChI=1S/C19H22N4O3/c1-2-26-16-7-5-15(6-8-16)22-12-18(23(24)25)19(21-22)14-4-3-13-9-10-20-17(13)11-14/h3-4,9-12,15-16,20H,2,5-8H2,1H3/t15-,16-. The van der Waals surface area contributed by atoms with Crippen LogP contribution >= 0.6 is 0 Å². The Bertz CT molecular complexity index is 922. The number of rotatable bonds is 5. The average Bonchev–Trinajstić information content (AvgIpc) is 3.29. The van der Waals surface area contributed by atoms with Crippen molar-refractivity contribution in [3.63, 3.8) is 0 Å². The van der Waals surface area contributed by atoms with Gasteiger partial charge in [-0.25, -0.2) is 0 Å². The fraction of sp³-hybridized carbons (Fsp3) is 0.421. The van der Waals surface area contributed by atoms with Crippen LogP contribution < -0.4 is 0 Å². The number of aromatic amines is 1. The predicted molar refractivity (Wildman–Crippen MR) is 99.1 cm³/mol. The summed E-state index contributed by atoms with van der Waals surface area (Å²) < 4.78 is 7.48. The first-order valence-corrected chi connectivity index (χ1v) is 9.08. The molecule has 2 aromatic heterocycles. The minimum atomic E-state index is -0.344. The number of aromatic nitrogens is 3. The van der Waals surface area contributed by atoms with Crippen LogP contribution in [0.15, 0.2) is 36.7 Å². The van der Waals surface area contributed by atoms with Gasteiger partial charge in [-0.15, -0.1) is 0 Å². The van der Waals surface area contributed by atoms with Gasteiger partial charge in [0, 0.05) is 23.9 Å². The van der Waals surface area contributed by atoms with Crippen molar-refractivity contribution < 1.29 is 9.66 Å². The summed E-state index contributed by atoms with van der Waals surface area (Å²) in [7, 11) is 0. The Balaban J connectivity index is 1.64. The molecule has 26 heavy (non-hydrogen) atoms. The van der Waals surface area contributed by atoms with Crippen molar-refractivity contribution in [3.8, 4) is 11.3 Å². The number of fused-ring (bicyclic) bond motifs is 1. The number of nitrogens with one attached hydrogen (secondary N) is 1. The number of ether oxygens (including phenoxy) is 1. The molecule has 0 radical (unpaired) electrons. The monoisotopic (exact) mass is 354 g/mol. The fourth-order valence-corrected chi connectivity index (χ4v) is 3.82. The molecule has 1 N–H and O–H groups in total. The highest BCUT2D eigenvalue weighted by molar-refractivity contribution is 5.85. The topological polar surface area (TPSA) is 86.0 Å². The Morgan fingerprint density at radius 1 is 1.31 bits per heavy atom. The number of benzene rings is 1. The molecule has 136 valence electrons. The van der Waals surface area contributed by atoms with Gasteiger partial charge in [-0.3, -0.25) is 14.8 Å². The molecular formula is C19H22N4O3. The van der Waals surface area contributed by atoms with Crippen LogP contribution in [0.2, 0.25) is 0 Å². The lowest BCUT2D eigenvalue weighted by molar-refractivity contribution is -0.384. The summed E-state index contributed by atoms with van der Waals surface area (Å²) in [5, 5.41) is 17.2. The molecule has 0 unspecified atom stereocenters. The number of hydrogen-bond acceptors (Lipinski definition) is 4. The van der Waals surface area contributed by atoms with Gasteiger partial charge in [0.1, 0.15) is 6.20 Å². The fourth-order valence-electron chi connectivity index (χ4n) is 3.82. The second-order valence-electron chi connectivity index (χ2n) is 6.77. The van der Waals surface area contributed by atoms with Gasteiger partial charge in [0.05, 0.1) is 17.1 Å². The van der Waals surface area contributed by atoms with E-state index in [1.165, 1.54) is 0 Å². The largest absolute Gasteiger partial charge is 0.379 e. The Hall–Kier alpha value is -2.67. The molecule has 1 fully saturated rings. The molecule has 1 saturated carbocycles. The Morgan fingerprint density at radius 3 is 2.85 bits per heavy atom. The molecular weight excluding hydrogens is 332 g/mol. The molecule has 7 nitrogen and oxygen atoms in total. The quantitative estimate of drug-likeness (QED) is 0.541. The van der Waals surface area contributed by atoms with Crippen LogP contribution in [0.5, 0.6) is 0 Å². The molecule has 3 aromatic rings. The molecule has 0 atom stereocenters. The highest BCUT2D eigenvalue weighted by Crippen LogP contribution is 2.35. The lowest BCUT2D eigenvalue weighted by Crippen LogP contribution is -2.24. The van der Waals surface area contributed by atoms with Crippen LogP contribution in [0.4, 0.5) is 5.69 Å². The predicted octanol–water partition coefficient (Wildman–Crippen LogP) is 4.46. The SMILES string of the molecule is CCO[C@H]1CC[C@H](n2cc([N+](=O)[O-])c(-c3ccc4cc[nH]c4c3)n2)CC1. The van der Waals surface area contributed by atoms with Gasteiger partial charge in [-0.1, -0.05) is 12.1 Å². The van der Waals surface area contributed by atoms with E-state index in [-0.39, 0.29) is 16.7 Å². The summed E-state index contributed by atoms with van der Waals surface area (Å²) in [5.41, 5.74) is 2.19. The molecule has 4 rings (SSSR count). The van der Waals surface area contributed by atoms with Gasteiger partial charge in [-0.2, -0.15) is 5.10 Å². The van der Waals surface area contributed by atoms with Gasteiger partial charge >= 0.3 is 5.69 Å². The number of hydrogen-bond donors (Lipinski definition) is 1. The van der Waals surface area contributed by atoms with E-state index in [4.69, 9.17) is 4.74 Å². The Kier molecular flexibility index (Phi) is 4.46. The molecule has 1 aliphatic carbocycles. The van der Waals surface area contributed by atoms with Crippen LogP contribution in [-0.4, -0.2) is 32.4 Å². The minimum absolute atomic E-state index is 0.0582. The molecule has 7 heteroatoms. The first kappa shape index (κ1) is 16.8. The third-order valence-corrected chi connectivity index (χ3v) is 5.16. The highest BCUT2D eigenvalue weighted by atomic mass is 16.6. The molecule has 0 spiro atoms. The van der Waals surface area contributed by atoms with Crippen molar-refractivity contribution in [2.24, 2.45) is 0 Å².